The second-order valence-electron chi connectivity index (χ2n) is 7.90. The van der Waals surface area contributed by atoms with Crippen LogP contribution in [-0.2, 0) is 14.3 Å². The predicted octanol–water partition coefficient (Wildman–Crippen LogP) is 3.56. The lowest BCUT2D eigenvalue weighted by molar-refractivity contribution is -0.153. The fourth-order valence-electron chi connectivity index (χ4n) is 3.95. The molecule has 2 N–H and O–H groups in total. The van der Waals surface area contributed by atoms with Gasteiger partial charge in [-0.15, -0.1) is 0 Å². The van der Waals surface area contributed by atoms with Gasteiger partial charge in [0.1, 0.15) is 23.6 Å². The van der Waals surface area contributed by atoms with E-state index in [0.717, 1.165) is 17.3 Å². The Morgan fingerprint density at radius 2 is 1.91 bits per heavy atom. The molecule has 2 atom stereocenters. The topological polar surface area (TPSA) is 104 Å². The van der Waals surface area contributed by atoms with Crippen LogP contribution in [0, 0.1) is 0 Å². The molecule has 0 aliphatic carbocycles. The van der Waals surface area contributed by atoms with E-state index < -0.39 is 30.6 Å². The summed E-state index contributed by atoms with van der Waals surface area (Å²) in [6, 6.07) is 14.0. The summed E-state index contributed by atoms with van der Waals surface area (Å²) >= 11 is 0. The van der Waals surface area contributed by atoms with Crippen molar-refractivity contribution >= 4 is 28.5 Å². The third kappa shape index (κ3) is 4.61. The number of unbranched alkanes of at least 4 members (excludes halogenated alkanes) is 1. The van der Waals surface area contributed by atoms with Crippen molar-refractivity contribution in [2.24, 2.45) is 5.10 Å². The Hall–Kier alpha value is -3.65. The predicted molar refractivity (Wildman–Crippen MR) is 124 cm³/mol. The summed E-state index contributed by atoms with van der Waals surface area (Å²) in [5.41, 5.74) is 2.68. The van der Waals surface area contributed by atoms with Gasteiger partial charge in [0.05, 0.1) is 7.11 Å². The molecule has 1 aliphatic heterocycles. The van der Waals surface area contributed by atoms with Crippen molar-refractivity contribution in [2.45, 2.75) is 38.3 Å². The van der Waals surface area contributed by atoms with Crippen LogP contribution in [0.4, 0.5) is 0 Å². The van der Waals surface area contributed by atoms with Crippen LogP contribution in [0.15, 0.2) is 59.8 Å². The third-order valence-corrected chi connectivity index (χ3v) is 5.73. The number of methoxy groups -OCH3 is 1. The molecule has 0 bridgehead atoms. The number of aromatic amines is 1. The van der Waals surface area contributed by atoms with Gasteiger partial charge in [-0.25, -0.2) is 5.01 Å². The van der Waals surface area contributed by atoms with Gasteiger partial charge < -0.3 is 19.6 Å². The second-order valence-corrected chi connectivity index (χ2v) is 7.90. The largest absolute Gasteiger partial charge is 0.497 e. The summed E-state index contributed by atoms with van der Waals surface area (Å²) in [7, 11) is 1.57. The maximum atomic E-state index is 13.1. The van der Waals surface area contributed by atoms with Crippen LogP contribution in [0.2, 0.25) is 0 Å². The highest BCUT2D eigenvalue weighted by Crippen LogP contribution is 2.35. The van der Waals surface area contributed by atoms with Crippen molar-refractivity contribution in [3.63, 3.8) is 0 Å². The Balaban J connectivity index is 1.65. The van der Waals surface area contributed by atoms with Gasteiger partial charge in [-0.1, -0.05) is 43.7 Å². The normalized spacial score (nSPS) is 17.8. The SMILES string of the molecule is CCCCC(=O)OCC(=O)N1N=C(c2c[nH]c3ccccc23)[C@@H](O)[C@@H]1c1ccc(OC)cc1. The summed E-state index contributed by atoms with van der Waals surface area (Å²) in [6.45, 7) is 1.54. The second kappa shape index (κ2) is 9.87. The molecule has 8 heteroatoms. The number of H-pyrrole nitrogens is 1. The summed E-state index contributed by atoms with van der Waals surface area (Å²) in [4.78, 5) is 28.1. The molecule has 3 aromatic rings. The molecule has 8 nitrogen and oxygen atoms in total. The van der Waals surface area contributed by atoms with Crippen molar-refractivity contribution in [1.29, 1.82) is 0 Å². The number of hydrazone groups is 1. The zero-order valence-electron chi connectivity index (χ0n) is 18.7. The van der Waals surface area contributed by atoms with Crippen LogP contribution in [0.25, 0.3) is 10.9 Å². The maximum Gasteiger partial charge on any atom is 0.306 e. The van der Waals surface area contributed by atoms with E-state index in [1.54, 1.807) is 37.6 Å². The number of rotatable bonds is 8. The Labute approximate surface area is 191 Å². The van der Waals surface area contributed by atoms with Crippen LogP contribution in [0.5, 0.6) is 5.75 Å². The number of carbonyl (C=O) groups is 2. The molecule has 33 heavy (non-hydrogen) atoms. The molecule has 2 aromatic carbocycles. The lowest BCUT2D eigenvalue weighted by atomic mass is 9.95. The van der Waals surface area contributed by atoms with Gasteiger partial charge in [0.2, 0.25) is 0 Å². The molecule has 0 unspecified atom stereocenters. The van der Waals surface area contributed by atoms with Crippen LogP contribution in [-0.4, -0.2) is 52.5 Å². The number of aromatic nitrogens is 1. The molecule has 0 saturated carbocycles. The highest BCUT2D eigenvalue weighted by Gasteiger charge is 2.41. The molecule has 1 amide bonds. The minimum absolute atomic E-state index is 0.262. The van der Waals surface area contributed by atoms with Crippen molar-refractivity contribution in [2.75, 3.05) is 13.7 Å². The molecule has 0 radical (unpaired) electrons. The van der Waals surface area contributed by atoms with E-state index in [1.807, 2.05) is 31.2 Å². The molecular weight excluding hydrogens is 422 g/mol. The van der Waals surface area contributed by atoms with Gasteiger partial charge in [-0.2, -0.15) is 5.10 Å². The molecule has 1 aliphatic rings. The third-order valence-electron chi connectivity index (χ3n) is 5.73. The van der Waals surface area contributed by atoms with Crippen molar-refractivity contribution < 1.29 is 24.2 Å². The monoisotopic (exact) mass is 449 g/mol. The van der Waals surface area contributed by atoms with E-state index in [1.165, 1.54) is 5.01 Å². The number of aliphatic hydroxyl groups is 1. The average molecular weight is 450 g/mol. The quantitative estimate of drug-likeness (QED) is 0.512. The van der Waals surface area contributed by atoms with Gasteiger partial charge in [0, 0.05) is 29.1 Å². The number of nitrogens with zero attached hydrogens (tertiary/aromatic N) is 2. The van der Waals surface area contributed by atoms with Crippen molar-refractivity contribution in [3.05, 3.63) is 65.9 Å². The average Bonchev–Trinajstić information content (AvgIpc) is 3.42. The van der Waals surface area contributed by atoms with Gasteiger partial charge in [-0.3, -0.25) is 9.59 Å². The number of ether oxygens (including phenoxy) is 2. The molecule has 4 rings (SSSR count). The number of fused-ring (bicyclic) bond motifs is 1. The highest BCUT2D eigenvalue weighted by molar-refractivity contribution is 6.14. The lowest BCUT2D eigenvalue weighted by Gasteiger charge is -2.24. The standard InChI is InChI=1S/C25H27N3O5/c1-3-4-9-22(30)33-15-21(29)28-24(16-10-12-17(32-2)13-11-16)25(31)23(27-28)19-14-26-20-8-6-5-7-18(19)20/h5-8,10-14,24-26,31H,3-4,9,15H2,1-2H3/t24-,25+/m0/s1. The van der Waals surface area contributed by atoms with Gasteiger partial charge in [-0.05, 0) is 30.2 Å². The molecule has 1 aromatic heterocycles. The molecule has 0 spiro atoms. The first kappa shape index (κ1) is 22.5. The number of carbonyl (C=O) groups excluding carboxylic acids is 2. The Kier molecular flexibility index (Phi) is 6.74. The number of benzene rings is 2. The molecule has 2 heterocycles. The highest BCUT2D eigenvalue weighted by atomic mass is 16.5. The van der Waals surface area contributed by atoms with E-state index in [-0.39, 0.29) is 6.42 Å². The Bertz CT molecular complexity index is 1170. The number of esters is 1. The van der Waals surface area contributed by atoms with Gasteiger partial charge >= 0.3 is 5.97 Å². The first-order valence-corrected chi connectivity index (χ1v) is 11.0. The zero-order chi connectivity index (χ0) is 23.4. The summed E-state index contributed by atoms with van der Waals surface area (Å²) < 4.78 is 10.4. The van der Waals surface area contributed by atoms with Crippen LogP contribution < -0.4 is 4.74 Å². The number of para-hydroxylation sites is 1. The van der Waals surface area contributed by atoms with Crippen LogP contribution in [0.3, 0.4) is 0 Å². The Morgan fingerprint density at radius 3 is 2.64 bits per heavy atom. The minimum atomic E-state index is -1.07. The summed E-state index contributed by atoms with van der Waals surface area (Å²) in [6.07, 6.45) is 2.53. The van der Waals surface area contributed by atoms with Crippen LogP contribution >= 0.6 is 0 Å². The summed E-state index contributed by atoms with van der Waals surface area (Å²) in [5.74, 6) is -0.270. The number of aliphatic hydroxyl groups excluding tert-OH is 1. The molecule has 172 valence electrons. The number of nitrogens with one attached hydrogen (secondary N) is 1. The van der Waals surface area contributed by atoms with Crippen molar-refractivity contribution in [3.8, 4) is 5.75 Å². The number of hydrogen-bond donors (Lipinski definition) is 2. The zero-order valence-corrected chi connectivity index (χ0v) is 18.7. The number of hydrogen-bond acceptors (Lipinski definition) is 6. The smallest absolute Gasteiger partial charge is 0.306 e. The lowest BCUT2D eigenvalue weighted by Crippen LogP contribution is -2.36. The first-order valence-electron chi connectivity index (χ1n) is 11.0. The fraction of sp³-hybridized carbons (Fsp3) is 0.320. The first-order chi connectivity index (χ1) is 16.0. The van der Waals surface area contributed by atoms with E-state index in [0.29, 0.717) is 29.0 Å². The molecule has 0 fully saturated rings. The van der Waals surface area contributed by atoms with Crippen LogP contribution in [0.1, 0.15) is 43.4 Å². The van der Waals surface area contributed by atoms with E-state index in [4.69, 9.17) is 9.47 Å². The summed E-state index contributed by atoms with van der Waals surface area (Å²) in [5, 5.41) is 17.9. The van der Waals surface area contributed by atoms with Gasteiger partial charge in [0.25, 0.3) is 5.91 Å². The number of amides is 1. The minimum Gasteiger partial charge on any atom is -0.497 e. The molecular formula is C25H27N3O5. The van der Waals surface area contributed by atoms with E-state index in [9.17, 15) is 14.7 Å². The maximum absolute atomic E-state index is 13.1. The van der Waals surface area contributed by atoms with Gasteiger partial charge in [0.15, 0.2) is 6.61 Å². The van der Waals surface area contributed by atoms with Crippen molar-refractivity contribution in [1.82, 2.24) is 9.99 Å². The Morgan fingerprint density at radius 1 is 1.15 bits per heavy atom. The van der Waals surface area contributed by atoms with E-state index >= 15 is 0 Å². The van der Waals surface area contributed by atoms with E-state index in [2.05, 4.69) is 10.1 Å². The molecule has 0 saturated heterocycles. The fourth-order valence-corrected chi connectivity index (χ4v) is 3.95.